The summed E-state index contributed by atoms with van der Waals surface area (Å²) in [4.78, 5) is 15.6. The number of ketones is 1. The second-order valence-corrected chi connectivity index (χ2v) is 3.19. The topological polar surface area (TPSA) is 55.7 Å². The molecular weight excluding hydrogens is 214 g/mol. The van der Waals surface area contributed by atoms with Crippen molar-refractivity contribution in [3.63, 3.8) is 0 Å². The lowest BCUT2D eigenvalue weighted by atomic mass is 10.1. The molecule has 0 saturated heterocycles. The molecule has 74 valence electrons. The minimum Gasteiger partial charge on any atom is -0.287 e. The summed E-state index contributed by atoms with van der Waals surface area (Å²) in [7, 11) is 0. The highest BCUT2D eigenvalue weighted by Crippen LogP contribution is 2.08. The minimum absolute atomic E-state index is 0.215. The standard InChI is InChI=1S/C10H6ClN3O/c11-9-4-3-7(6-12-9)10(15)8-2-1-5-13-14-8/h1-6H. The van der Waals surface area contributed by atoms with Gasteiger partial charge in [-0.3, -0.25) is 4.79 Å². The van der Waals surface area contributed by atoms with Crippen molar-refractivity contribution in [2.24, 2.45) is 0 Å². The first kappa shape index (κ1) is 9.73. The summed E-state index contributed by atoms with van der Waals surface area (Å²) in [6, 6.07) is 6.42. The van der Waals surface area contributed by atoms with Gasteiger partial charge in [0, 0.05) is 18.0 Å². The number of pyridine rings is 1. The van der Waals surface area contributed by atoms with Gasteiger partial charge in [-0.2, -0.15) is 5.10 Å². The van der Waals surface area contributed by atoms with Crippen LogP contribution in [0.3, 0.4) is 0 Å². The van der Waals surface area contributed by atoms with E-state index in [1.807, 2.05) is 0 Å². The highest BCUT2D eigenvalue weighted by molar-refractivity contribution is 6.29. The molecule has 4 nitrogen and oxygen atoms in total. The largest absolute Gasteiger partial charge is 0.287 e. The maximum Gasteiger partial charge on any atom is 0.214 e. The first-order valence-corrected chi connectivity index (χ1v) is 4.59. The van der Waals surface area contributed by atoms with Crippen LogP contribution < -0.4 is 0 Å². The Labute approximate surface area is 90.9 Å². The molecule has 2 heterocycles. The molecule has 0 unspecified atom stereocenters. The third-order valence-corrected chi connectivity index (χ3v) is 2.02. The van der Waals surface area contributed by atoms with Crippen LogP contribution in [0.25, 0.3) is 0 Å². The Morgan fingerprint density at radius 1 is 1.27 bits per heavy atom. The van der Waals surface area contributed by atoms with E-state index in [4.69, 9.17) is 11.6 Å². The van der Waals surface area contributed by atoms with Crippen LogP contribution in [0.1, 0.15) is 16.1 Å². The molecule has 0 aliphatic carbocycles. The lowest BCUT2D eigenvalue weighted by Gasteiger charge is -1.98. The zero-order valence-electron chi connectivity index (χ0n) is 7.59. The van der Waals surface area contributed by atoms with Gasteiger partial charge in [0.05, 0.1) is 0 Å². The van der Waals surface area contributed by atoms with Crippen LogP contribution in [0.15, 0.2) is 36.7 Å². The van der Waals surface area contributed by atoms with Crippen LogP contribution in [0, 0.1) is 0 Å². The summed E-state index contributed by atoms with van der Waals surface area (Å²) in [5.74, 6) is -0.215. The molecular formula is C10H6ClN3O. The summed E-state index contributed by atoms with van der Waals surface area (Å²) in [6.45, 7) is 0. The van der Waals surface area contributed by atoms with E-state index in [1.165, 1.54) is 12.4 Å². The SMILES string of the molecule is O=C(c1ccc(Cl)nc1)c1cccnn1. The number of nitrogens with zero attached hydrogens (tertiary/aromatic N) is 3. The monoisotopic (exact) mass is 219 g/mol. The average molecular weight is 220 g/mol. The Kier molecular flexibility index (Phi) is 2.69. The van der Waals surface area contributed by atoms with Gasteiger partial charge >= 0.3 is 0 Å². The van der Waals surface area contributed by atoms with Gasteiger partial charge in [0.1, 0.15) is 10.8 Å². The van der Waals surface area contributed by atoms with Crippen molar-refractivity contribution in [3.8, 4) is 0 Å². The number of hydrogen-bond acceptors (Lipinski definition) is 4. The summed E-state index contributed by atoms with van der Waals surface area (Å²) >= 11 is 5.61. The van der Waals surface area contributed by atoms with Gasteiger partial charge < -0.3 is 0 Å². The molecule has 0 bridgehead atoms. The molecule has 2 aromatic rings. The van der Waals surface area contributed by atoms with E-state index in [0.29, 0.717) is 16.4 Å². The Hall–Kier alpha value is -1.81. The minimum atomic E-state index is -0.215. The van der Waals surface area contributed by atoms with Gasteiger partial charge in [0.25, 0.3) is 0 Å². The van der Waals surface area contributed by atoms with Gasteiger partial charge in [-0.25, -0.2) is 4.98 Å². The molecule has 0 saturated carbocycles. The van der Waals surface area contributed by atoms with E-state index in [-0.39, 0.29) is 5.78 Å². The summed E-state index contributed by atoms with van der Waals surface area (Å²) < 4.78 is 0. The summed E-state index contributed by atoms with van der Waals surface area (Å²) in [5, 5.41) is 7.70. The fourth-order valence-corrected chi connectivity index (χ4v) is 1.19. The Morgan fingerprint density at radius 3 is 2.73 bits per heavy atom. The molecule has 0 amide bonds. The van der Waals surface area contributed by atoms with Crippen molar-refractivity contribution in [1.82, 2.24) is 15.2 Å². The third kappa shape index (κ3) is 2.16. The predicted molar refractivity (Wildman–Crippen MR) is 54.7 cm³/mol. The number of carbonyl (C=O) groups excluding carboxylic acids is 1. The lowest BCUT2D eigenvalue weighted by molar-refractivity contribution is 0.103. The van der Waals surface area contributed by atoms with E-state index in [1.54, 1.807) is 24.3 Å². The van der Waals surface area contributed by atoms with Crippen LogP contribution >= 0.6 is 11.6 Å². The molecule has 0 N–H and O–H groups in total. The zero-order valence-corrected chi connectivity index (χ0v) is 8.35. The van der Waals surface area contributed by atoms with Crippen LogP contribution in [0.5, 0.6) is 0 Å². The second-order valence-electron chi connectivity index (χ2n) is 2.81. The Balaban J connectivity index is 2.33. The molecule has 0 spiro atoms. The first-order valence-electron chi connectivity index (χ1n) is 4.21. The van der Waals surface area contributed by atoms with Gasteiger partial charge in [0.2, 0.25) is 5.78 Å². The van der Waals surface area contributed by atoms with Crippen molar-refractivity contribution in [2.75, 3.05) is 0 Å². The second kappa shape index (κ2) is 4.14. The predicted octanol–water partition coefficient (Wildman–Crippen LogP) is 1.76. The molecule has 0 aliphatic rings. The van der Waals surface area contributed by atoms with E-state index < -0.39 is 0 Å². The number of hydrogen-bond donors (Lipinski definition) is 0. The van der Waals surface area contributed by atoms with E-state index in [0.717, 1.165) is 0 Å². The molecule has 0 fully saturated rings. The highest BCUT2D eigenvalue weighted by atomic mass is 35.5. The summed E-state index contributed by atoms with van der Waals surface area (Å²) in [5.41, 5.74) is 0.738. The van der Waals surface area contributed by atoms with Crippen LogP contribution in [-0.4, -0.2) is 21.0 Å². The molecule has 15 heavy (non-hydrogen) atoms. The summed E-state index contributed by atoms with van der Waals surface area (Å²) in [6.07, 6.45) is 2.93. The van der Waals surface area contributed by atoms with Crippen LogP contribution in [0.2, 0.25) is 5.15 Å². The normalized spacial score (nSPS) is 9.93. The molecule has 0 radical (unpaired) electrons. The fourth-order valence-electron chi connectivity index (χ4n) is 1.08. The van der Waals surface area contributed by atoms with Crippen molar-refractivity contribution in [3.05, 3.63) is 53.1 Å². The van der Waals surface area contributed by atoms with Crippen molar-refractivity contribution in [1.29, 1.82) is 0 Å². The first-order chi connectivity index (χ1) is 7.27. The molecule has 2 aromatic heterocycles. The number of aromatic nitrogens is 3. The van der Waals surface area contributed by atoms with Crippen molar-refractivity contribution in [2.45, 2.75) is 0 Å². The number of carbonyl (C=O) groups is 1. The van der Waals surface area contributed by atoms with Crippen LogP contribution in [0.4, 0.5) is 0 Å². The smallest absolute Gasteiger partial charge is 0.214 e. The number of halogens is 1. The average Bonchev–Trinajstić information content (AvgIpc) is 2.30. The maximum atomic E-state index is 11.8. The third-order valence-electron chi connectivity index (χ3n) is 1.79. The van der Waals surface area contributed by atoms with Gasteiger partial charge in [0.15, 0.2) is 0 Å². The van der Waals surface area contributed by atoms with Gasteiger partial charge in [-0.05, 0) is 24.3 Å². The maximum absolute atomic E-state index is 11.8. The van der Waals surface area contributed by atoms with Crippen LogP contribution in [-0.2, 0) is 0 Å². The highest BCUT2D eigenvalue weighted by Gasteiger charge is 2.10. The number of rotatable bonds is 2. The van der Waals surface area contributed by atoms with E-state index in [2.05, 4.69) is 15.2 Å². The zero-order chi connectivity index (χ0) is 10.7. The molecule has 2 rings (SSSR count). The van der Waals surface area contributed by atoms with Gasteiger partial charge in [-0.1, -0.05) is 11.6 Å². The lowest BCUT2D eigenvalue weighted by Crippen LogP contribution is -2.04. The van der Waals surface area contributed by atoms with E-state index >= 15 is 0 Å². The quantitative estimate of drug-likeness (QED) is 0.571. The molecule has 5 heteroatoms. The van der Waals surface area contributed by atoms with Crippen molar-refractivity contribution < 1.29 is 4.79 Å². The molecule has 0 aliphatic heterocycles. The fraction of sp³-hybridized carbons (Fsp3) is 0. The van der Waals surface area contributed by atoms with Gasteiger partial charge in [-0.15, -0.1) is 5.10 Å². The Bertz CT molecular complexity index is 470. The molecule has 0 aromatic carbocycles. The van der Waals surface area contributed by atoms with Crippen molar-refractivity contribution >= 4 is 17.4 Å². The van der Waals surface area contributed by atoms with E-state index in [9.17, 15) is 4.79 Å². The Morgan fingerprint density at radius 2 is 2.13 bits per heavy atom. The molecule has 0 atom stereocenters.